The second-order valence-corrected chi connectivity index (χ2v) is 7.47. The maximum absolute atomic E-state index is 8.87. The van der Waals surface area contributed by atoms with E-state index < -0.39 is 0 Å². The highest BCUT2D eigenvalue weighted by Gasteiger charge is 2.23. The molecule has 23 heavy (non-hydrogen) atoms. The van der Waals surface area contributed by atoms with Crippen LogP contribution in [0.3, 0.4) is 0 Å². The molecule has 0 aliphatic carbocycles. The molecule has 0 N–H and O–H groups in total. The summed E-state index contributed by atoms with van der Waals surface area (Å²) in [7, 11) is 2.04. The van der Waals surface area contributed by atoms with Crippen LogP contribution in [0.25, 0.3) is 0 Å². The minimum absolute atomic E-state index is 0.174. The van der Waals surface area contributed by atoms with E-state index in [0.29, 0.717) is 0 Å². The number of hydrogen-bond donors (Lipinski definition) is 0. The Hall–Kier alpha value is -0.820. The van der Waals surface area contributed by atoms with E-state index in [1.54, 1.807) is 0 Å². The van der Waals surface area contributed by atoms with Gasteiger partial charge < -0.3 is 9.80 Å². The Balaban J connectivity index is 1.88. The third kappa shape index (κ3) is 9.15. The van der Waals surface area contributed by atoms with Gasteiger partial charge in [0.2, 0.25) is 0 Å². The molecule has 1 aliphatic heterocycles. The molecule has 0 aromatic carbocycles. The predicted octanol–water partition coefficient (Wildman–Crippen LogP) is 5.90. The maximum Gasteiger partial charge on any atom is 0.163 e. The summed E-state index contributed by atoms with van der Waals surface area (Å²) in [4.78, 5) is 4.39. The highest BCUT2D eigenvalue weighted by molar-refractivity contribution is 8.04. The van der Waals surface area contributed by atoms with E-state index in [1.165, 1.54) is 88.8 Å². The van der Waals surface area contributed by atoms with Crippen LogP contribution >= 0.6 is 11.8 Å². The Morgan fingerprint density at radius 3 is 1.91 bits per heavy atom. The summed E-state index contributed by atoms with van der Waals surface area (Å²) >= 11 is 1.33. The van der Waals surface area contributed by atoms with Gasteiger partial charge in [0.15, 0.2) is 5.50 Å². The first-order valence-electron chi connectivity index (χ1n) is 9.50. The fraction of sp³-hybridized carbons (Fsp3) is 0.842. The molecule has 0 fully saturated rings. The molecular weight excluding hydrogens is 302 g/mol. The Labute approximate surface area is 148 Å². The van der Waals surface area contributed by atoms with Gasteiger partial charge in [-0.05, 0) is 6.42 Å². The third-order valence-electron chi connectivity index (χ3n) is 4.55. The first kappa shape index (κ1) is 20.2. The topological polar surface area (TPSA) is 30.3 Å². The lowest BCUT2D eigenvalue weighted by Crippen LogP contribution is -2.33. The number of nitrogens with zero attached hydrogens (tertiary/aromatic N) is 3. The van der Waals surface area contributed by atoms with Crippen molar-refractivity contribution < 1.29 is 0 Å². The quantitative estimate of drug-likeness (QED) is 0.291. The van der Waals surface area contributed by atoms with Crippen LogP contribution in [-0.4, -0.2) is 28.9 Å². The first-order chi connectivity index (χ1) is 11.3. The Morgan fingerprint density at radius 2 is 1.39 bits per heavy atom. The minimum atomic E-state index is 0.174. The van der Waals surface area contributed by atoms with Gasteiger partial charge in [-0.2, -0.15) is 5.26 Å². The molecule has 1 heterocycles. The van der Waals surface area contributed by atoms with Crippen molar-refractivity contribution in [3.05, 3.63) is 12.4 Å². The average molecular weight is 338 g/mol. The van der Waals surface area contributed by atoms with Gasteiger partial charge in [-0.3, -0.25) is 0 Å². The number of nitriles is 1. The molecule has 0 aromatic rings. The van der Waals surface area contributed by atoms with Crippen molar-refractivity contribution >= 4 is 11.8 Å². The second-order valence-electron chi connectivity index (χ2n) is 6.63. The fourth-order valence-electron chi connectivity index (χ4n) is 3.09. The summed E-state index contributed by atoms with van der Waals surface area (Å²) < 4.78 is 0. The zero-order valence-corrected chi connectivity index (χ0v) is 16.0. The smallest absolute Gasteiger partial charge is 0.163 e. The molecule has 0 aromatic heterocycles. The lowest BCUT2D eigenvalue weighted by Gasteiger charge is -2.27. The van der Waals surface area contributed by atoms with Gasteiger partial charge in [-0.15, -0.1) is 0 Å². The molecule has 0 radical (unpaired) electrons. The van der Waals surface area contributed by atoms with Gasteiger partial charge in [0.25, 0.3) is 0 Å². The van der Waals surface area contributed by atoms with Gasteiger partial charge in [-0.25, -0.2) is 0 Å². The molecule has 0 amide bonds. The molecule has 0 saturated carbocycles. The molecule has 4 heteroatoms. The predicted molar refractivity (Wildman–Crippen MR) is 102 cm³/mol. The summed E-state index contributed by atoms with van der Waals surface area (Å²) in [6.07, 6.45) is 20.8. The SMILES string of the molecule is CCCCCCCCCCCCCCN1C=CN(C)C1SC#N. The van der Waals surface area contributed by atoms with Crippen LogP contribution in [0.15, 0.2) is 12.4 Å². The molecule has 1 rings (SSSR count). The number of unbranched alkanes of at least 4 members (excludes halogenated alkanes) is 11. The molecule has 0 spiro atoms. The molecule has 132 valence electrons. The van der Waals surface area contributed by atoms with E-state index in [0.717, 1.165) is 6.54 Å². The fourth-order valence-corrected chi connectivity index (χ4v) is 3.73. The Morgan fingerprint density at radius 1 is 0.870 bits per heavy atom. The van der Waals surface area contributed by atoms with Crippen LogP contribution < -0.4 is 0 Å². The molecule has 3 nitrogen and oxygen atoms in total. The van der Waals surface area contributed by atoms with E-state index in [4.69, 9.17) is 5.26 Å². The van der Waals surface area contributed by atoms with Crippen LogP contribution in [-0.2, 0) is 0 Å². The molecule has 0 bridgehead atoms. The van der Waals surface area contributed by atoms with E-state index in [-0.39, 0.29) is 5.50 Å². The van der Waals surface area contributed by atoms with Gasteiger partial charge in [-0.1, -0.05) is 77.6 Å². The number of hydrogen-bond acceptors (Lipinski definition) is 4. The molecule has 1 unspecified atom stereocenters. The Bertz CT molecular complexity index is 351. The summed E-state index contributed by atoms with van der Waals surface area (Å²) in [5, 5.41) is 11.1. The van der Waals surface area contributed by atoms with Crippen molar-refractivity contribution in [2.45, 2.75) is 89.5 Å². The monoisotopic (exact) mass is 337 g/mol. The maximum atomic E-state index is 8.87. The summed E-state index contributed by atoms with van der Waals surface area (Å²) in [6, 6.07) is 0. The van der Waals surface area contributed by atoms with Crippen molar-refractivity contribution in [3.8, 4) is 5.40 Å². The van der Waals surface area contributed by atoms with Crippen molar-refractivity contribution in [3.63, 3.8) is 0 Å². The standard InChI is InChI=1S/C19H35N3S/c1-3-4-5-6-7-8-9-10-11-12-13-14-15-22-17-16-21(2)19(22)23-18-20/h16-17,19H,3-15H2,1-2H3. The number of thioether (sulfide) groups is 1. The van der Waals surface area contributed by atoms with E-state index in [2.05, 4.69) is 34.5 Å². The number of rotatable bonds is 14. The van der Waals surface area contributed by atoms with Gasteiger partial charge in [0.1, 0.15) is 5.40 Å². The Kier molecular flexibility index (Phi) is 12.0. The summed E-state index contributed by atoms with van der Waals surface area (Å²) in [6.45, 7) is 3.35. The van der Waals surface area contributed by atoms with Crippen molar-refractivity contribution in [1.82, 2.24) is 9.80 Å². The van der Waals surface area contributed by atoms with Gasteiger partial charge >= 0.3 is 0 Å². The molecule has 1 aliphatic rings. The average Bonchev–Trinajstić information content (AvgIpc) is 2.89. The lowest BCUT2D eigenvalue weighted by atomic mass is 10.1. The normalized spacial score (nSPS) is 17.0. The highest BCUT2D eigenvalue weighted by Crippen LogP contribution is 2.24. The zero-order chi connectivity index (χ0) is 16.8. The van der Waals surface area contributed by atoms with Gasteiger partial charge in [0.05, 0.1) is 0 Å². The second kappa shape index (κ2) is 13.6. The summed E-state index contributed by atoms with van der Waals surface area (Å²) in [5.74, 6) is 0. The lowest BCUT2D eigenvalue weighted by molar-refractivity contribution is 0.258. The van der Waals surface area contributed by atoms with E-state index >= 15 is 0 Å². The van der Waals surface area contributed by atoms with E-state index in [1.807, 2.05) is 7.05 Å². The van der Waals surface area contributed by atoms with Crippen LogP contribution in [0.5, 0.6) is 0 Å². The highest BCUT2D eigenvalue weighted by atomic mass is 32.2. The zero-order valence-electron chi connectivity index (χ0n) is 15.2. The van der Waals surface area contributed by atoms with Crippen LogP contribution in [0.1, 0.15) is 84.0 Å². The summed E-state index contributed by atoms with van der Waals surface area (Å²) in [5.41, 5.74) is 0.174. The van der Waals surface area contributed by atoms with Crippen LogP contribution in [0.4, 0.5) is 0 Å². The third-order valence-corrected chi connectivity index (χ3v) is 5.47. The van der Waals surface area contributed by atoms with Crippen LogP contribution in [0.2, 0.25) is 0 Å². The molecule has 0 saturated heterocycles. The van der Waals surface area contributed by atoms with Gasteiger partial charge in [0, 0.05) is 37.8 Å². The van der Waals surface area contributed by atoms with Crippen LogP contribution in [0, 0.1) is 10.7 Å². The first-order valence-corrected chi connectivity index (χ1v) is 10.4. The largest absolute Gasteiger partial charge is 0.350 e. The number of thiocyanates is 1. The van der Waals surface area contributed by atoms with E-state index in [9.17, 15) is 0 Å². The van der Waals surface area contributed by atoms with Crippen molar-refractivity contribution in [2.75, 3.05) is 13.6 Å². The molecular formula is C19H35N3S. The van der Waals surface area contributed by atoms with Crippen molar-refractivity contribution in [1.29, 1.82) is 5.26 Å². The molecule has 1 atom stereocenters. The van der Waals surface area contributed by atoms with Crippen molar-refractivity contribution in [2.24, 2.45) is 0 Å². The minimum Gasteiger partial charge on any atom is -0.350 e.